The summed E-state index contributed by atoms with van der Waals surface area (Å²) in [5.41, 5.74) is 1.27. The first-order chi connectivity index (χ1) is 16.8. The van der Waals surface area contributed by atoms with Gasteiger partial charge in [0.1, 0.15) is 11.4 Å². The molecule has 1 fully saturated rings. The van der Waals surface area contributed by atoms with Gasteiger partial charge in [0.05, 0.1) is 10.5 Å². The van der Waals surface area contributed by atoms with Gasteiger partial charge in [-0.1, -0.05) is 41.1 Å². The molecule has 0 bridgehead atoms. The third-order valence-electron chi connectivity index (χ3n) is 6.06. The van der Waals surface area contributed by atoms with E-state index in [4.69, 9.17) is 9.26 Å². The Morgan fingerprint density at radius 1 is 1.26 bits per heavy atom. The van der Waals surface area contributed by atoms with E-state index in [0.29, 0.717) is 16.8 Å². The Labute approximate surface area is 211 Å². The lowest BCUT2D eigenvalue weighted by Crippen LogP contribution is -2.33. The Morgan fingerprint density at radius 3 is 2.71 bits per heavy atom. The first-order valence-corrected chi connectivity index (χ1v) is 13.7. The zero-order valence-electron chi connectivity index (χ0n) is 19.1. The molecule has 1 aliphatic rings. The summed E-state index contributed by atoms with van der Waals surface area (Å²) in [4.78, 5) is 17.8. The summed E-state index contributed by atoms with van der Waals surface area (Å²) < 4.78 is 38.4. The Bertz CT molecular complexity index is 1210. The van der Waals surface area contributed by atoms with Gasteiger partial charge in [-0.3, -0.25) is 10.1 Å². The molecule has 8 nitrogen and oxygen atoms in total. The van der Waals surface area contributed by atoms with E-state index in [-0.39, 0.29) is 29.2 Å². The van der Waals surface area contributed by atoms with Crippen LogP contribution in [0.5, 0.6) is 5.75 Å². The van der Waals surface area contributed by atoms with Crippen LogP contribution >= 0.6 is 20.7 Å². The Morgan fingerprint density at radius 2 is 2.00 bits per heavy atom. The van der Waals surface area contributed by atoms with Crippen LogP contribution in [0.1, 0.15) is 32.1 Å². The maximum absolute atomic E-state index is 13.7. The smallest absolute Gasteiger partial charge is 0.324 e. The van der Waals surface area contributed by atoms with Gasteiger partial charge in [0.25, 0.3) is 11.6 Å². The lowest BCUT2D eigenvalue weighted by molar-refractivity contribution is -0.384. The number of nitrogens with zero attached hydrogens (tertiary/aromatic N) is 4. The van der Waals surface area contributed by atoms with Crippen molar-refractivity contribution in [2.45, 2.75) is 42.1 Å². The molecule has 35 heavy (non-hydrogen) atoms. The van der Waals surface area contributed by atoms with Crippen LogP contribution in [0.2, 0.25) is 0 Å². The largest absolute Gasteiger partial charge is 0.486 e. The number of para-hydroxylation sites is 1. The minimum Gasteiger partial charge on any atom is -0.486 e. The predicted molar refractivity (Wildman–Crippen MR) is 139 cm³/mol. The molecule has 1 aromatic heterocycles. The molecule has 186 valence electrons. The van der Waals surface area contributed by atoms with Crippen LogP contribution in [0.25, 0.3) is 22.8 Å². The molecule has 3 aromatic rings. The topological polar surface area (TPSA) is 94.5 Å². The van der Waals surface area contributed by atoms with Crippen LogP contribution in [0.4, 0.5) is 20.2 Å². The van der Waals surface area contributed by atoms with Crippen molar-refractivity contribution in [2.75, 3.05) is 18.6 Å². The van der Waals surface area contributed by atoms with E-state index in [1.165, 1.54) is 12.5 Å². The highest BCUT2D eigenvalue weighted by Gasteiger charge is 2.28. The monoisotopic (exact) mass is 598 g/mol. The van der Waals surface area contributed by atoms with Crippen molar-refractivity contribution in [1.29, 1.82) is 0 Å². The molecule has 0 atom stereocenters. The summed E-state index contributed by atoms with van der Waals surface area (Å²) in [5, 5.41) is 15.8. The van der Waals surface area contributed by atoms with Gasteiger partial charge in [0, 0.05) is 24.7 Å². The third-order valence-corrected chi connectivity index (χ3v) is 7.49. The van der Waals surface area contributed by atoms with Gasteiger partial charge in [-0.15, -0.1) is 0 Å². The molecule has 0 amide bonds. The number of ether oxygens (including phenoxy) is 1. The molecule has 2 aromatic carbocycles. The van der Waals surface area contributed by atoms with Crippen molar-refractivity contribution in [2.24, 2.45) is 0 Å². The first kappa shape index (κ1) is 25.1. The molecular formula is C24H25F2IN4O4. The van der Waals surface area contributed by atoms with E-state index in [1.54, 1.807) is 36.4 Å². The molecule has 4 rings (SSSR count). The standard InChI is InChI=1S/C24H25F2IN4O4/c1-27-24(25,26)15-34-21-11-7-6-10-18(21)22-28-23(35-29-22)16-12-13-19(20(14-16)31(32)33)30(2)17-8-4-3-5-9-17/h6-7,10-14,17H,1,3-5,8-9,15H2,2H3. The van der Waals surface area contributed by atoms with Gasteiger partial charge in [-0.05, 0) is 57.8 Å². The van der Waals surface area contributed by atoms with Gasteiger partial charge < -0.3 is 14.2 Å². The van der Waals surface area contributed by atoms with Crippen LogP contribution in [0, 0.1) is 10.1 Å². The lowest BCUT2D eigenvalue weighted by atomic mass is 9.94. The van der Waals surface area contributed by atoms with Crippen molar-refractivity contribution in [3.63, 3.8) is 0 Å². The number of nitro benzene ring substituents is 1. The fraction of sp³-hybridized carbons (Fsp3) is 0.375. The van der Waals surface area contributed by atoms with Crippen molar-refractivity contribution < 1.29 is 23.0 Å². The molecule has 0 aliphatic heterocycles. The molecular weight excluding hydrogens is 573 g/mol. The SMILES string of the molecule is C=IC(F)(F)COc1ccccc1-c1noc(-c2ccc(N(C)C3CCCCC3)c([N+](=O)[O-])c2)n1. The second kappa shape index (κ2) is 10.8. The van der Waals surface area contributed by atoms with E-state index in [1.807, 2.05) is 11.9 Å². The number of alkyl halides is 3. The second-order valence-electron chi connectivity index (χ2n) is 8.32. The van der Waals surface area contributed by atoms with Crippen LogP contribution in [0.15, 0.2) is 47.0 Å². The summed E-state index contributed by atoms with van der Waals surface area (Å²) in [7, 11) is 1.89. The number of anilines is 1. The average Bonchev–Trinajstić information content (AvgIpc) is 3.37. The third kappa shape index (κ3) is 5.82. The molecule has 0 saturated heterocycles. The normalized spacial score (nSPS) is 14.6. The van der Waals surface area contributed by atoms with Gasteiger partial charge in [0.2, 0.25) is 5.82 Å². The summed E-state index contributed by atoms with van der Waals surface area (Å²) in [6.07, 6.45) is 5.44. The minimum atomic E-state index is -2.96. The minimum absolute atomic E-state index is 0.0437. The van der Waals surface area contributed by atoms with Crippen LogP contribution in [0.3, 0.4) is 0 Å². The number of benzene rings is 2. The van der Waals surface area contributed by atoms with E-state index in [2.05, 4.69) is 14.7 Å². The Balaban J connectivity index is 1.61. The molecule has 0 unspecified atom stereocenters. The predicted octanol–water partition coefficient (Wildman–Crippen LogP) is 6.46. The van der Waals surface area contributed by atoms with Crippen molar-refractivity contribution in [1.82, 2.24) is 10.1 Å². The van der Waals surface area contributed by atoms with E-state index in [0.717, 1.165) is 25.7 Å². The number of hydrogen-bond donors (Lipinski definition) is 0. The van der Waals surface area contributed by atoms with Crippen molar-refractivity contribution in [3.05, 3.63) is 52.6 Å². The average molecular weight is 598 g/mol. The molecule has 1 saturated carbocycles. The van der Waals surface area contributed by atoms with E-state index >= 15 is 0 Å². The van der Waals surface area contributed by atoms with E-state index in [9.17, 15) is 18.9 Å². The van der Waals surface area contributed by atoms with Crippen molar-refractivity contribution in [3.8, 4) is 28.6 Å². The molecule has 1 aliphatic carbocycles. The summed E-state index contributed by atoms with van der Waals surface area (Å²) >= 11 is -1.57. The zero-order chi connectivity index (χ0) is 25.0. The maximum atomic E-state index is 13.7. The fourth-order valence-corrected chi connectivity index (χ4v) is 4.57. The molecule has 0 N–H and O–H groups in total. The summed E-state index contributed by atoms with van der Waals surface area (Å²) in [5.74, 6) is 0.403. The molecule has 0 spiro atoms. The zero-order valence-corrected chi connectivity index (χ0v) is 21.3. The van der Waals surface area contributed by atoms with Gasteiger partial charge in [0.15, 0.2) is 6.61 Å². The molecule has 11 heteroatoms. The number of halogens is 3. The maximum Gasteiger partial charge on any atom is 0.324 e. The Kier molecular flexibility index (Phi) is 7.72. The van der Waals surface area contributed by atoms with E-state index < -0.39 is 36.2 Å². The number of rotatable bonds is 9. The van der Waals surface area contributed by atoms with Crippen LogP contribution < -0.4 is 9.64 Å². The summed E-state index contributed by atoms with van der Waals surface area (Å²) in [6.45, 7) is -0.784. The van der Waals surface area contributed by atoms with Crippen molar-refractivity contribution >= 4 is 36.6 Å². The fourth-order valence-electron chi connectivity index (χ4n) is 4.19. The quantitative estimate of drug-likeness (QED) is 0.121. The molecule has 1 heterocycles. The highest BCUT2D eigenvalue weighted by Crippen LogP contribution is 2.37. The van der Waals surface area contributed by atoms with Gasteiger partial charge >= 0.3 is 3.93 Å². The second-order valence-corrected chi connectivity index (χ2v) is 10.7. The highest BCUT2D eigenvalue weighted by atomic mass is 127. The number of aromatic nitrogens is 2. The first-order valence-electron chi connectivity index (χ1n) is 11.1. The van der Waals surface area contributed by atoms with Gasteiger partial charge in [-0.2, -0.15) is 13.8 Å². The number of nitro groups is 1. The highest BCUT2D eigenvalue weighted by molar-refractivity contribution is 14.2. The molecule has 0 radical (unpaired) electrons. The number of hydrogen-bond acceptors (Lipinski definition) is 7. The van der Waals surface area contributed by atoms with Crippen LogP contribution in [-0.4, -0.2) is 43.2 Å². The lowest BCUT2D eigenvalue weighted by Gasteiger charge is -2.32. The Hall–Kier alpha value is -2.96. The van der Waals surface area contributed by atoms with Gasteiger partial charge in [-0.25, -0.2) is 0 Å². The van der Waals surface area contributed by atoms with Crippen LogP contribution in [-0.2, 0) is 0 Å². The summed E-state index contributed by atoms with van der Waals surface area (Å²) in [6, 6.07) is 11.6.